The fraction of sp³-hybridized carbons (Fsp3) is 0.0667. The quantitative estimate of drug-likeness (QED) is 0.836. The highest BCUT2D eigenvalue weighted by Gasteiger charge is 2.09. The number of hydrogen-bond donors (Lipinski definition) is 2. The molecule has 0 aliphatic rings. The first-order valence-electron chi connectivity index (χ1n) is 5.92. The Kier molecular flexibility index (Phi) is 5.18. The fourth-order valence-electron chi connectivity index (χ4n) is 1.54. The van der Waals surface area contributed by atoms with Gasteiger partial charge in [0.15, 0.2) is 0 Å². The van der Waals surface area contributed by atoms with E-state index in [1.807, 2.05) is 0 Å². The van der Waals surface area contributed by atoms with Gasteiger partial charge in [-0.25, -0.2) is 4.98 Å². The van der Waals surface area contributed by atoms with Crippen LogP contribution in [0, 0.1) is 11.8 Å². The van der Waals surface area contributed by atoms with Gasteiger partial charge in [0.05, 0.1) is 10.0 Å². The molecule has 0 aliphatic carbocycles. The van der Waals surface area contributed by atoms with E-state index in [4.69, 9.17) is 28.3 Å². The maximum absolute atomic E-state index is 12.1. The first kappa shape index (κ1) is 15.3. The Labute approximate surface area is 131 Å². The minimum Gasteiger partial charge on any atom is -0.384 e. The van der Waals surface area contributed by atoms with Gasteiger partial charge in [-0.05, 0) is 30.3 Å². The number of carbonyl (C=O) groups is 1. The monoisotopic (exact) mass is 320 g/mol. The number of aliphatic hydroxyl groups is 1. The molecule has 2 N–H and O–H groups in total. The summed E-state index contributed by atoms with van der Waals surface area (Å²) >= 11 is 11.7. The lowest BCUT2D eigenvalue weighted by atomic mass is 10.2. The molecule has 106 valence electrons. The van der Waals surface area contributed by atoms with Crippen LogP contribution in [0.25, 0.3) is 0 Å². The lowest BCUT2D eigenvalue weighted by molar-refractivity contribution is 0.102. The van der Waals surface area contributed by atoms with Crippen LogP contribution in [0.4, 0.5) is 5.82 Å². The molecule has 0 bridgehead atoms. The molecule has 0 saturated carbocycles. The predicted molar refractivity (Wildman–Crippen MR) is 82.6 cm³/mol. The van der Waals surface area contributed by atoms with Gasteiger partial charge in [-0.1, -0.05) is 35.0 Å². The minimum atomic E-state index is -0.353. The molecule has 1 aromatic carbocycles. The molecule has 6 heteroatoms. The summed E-state index contributed by atoms with van der Waals surface area (Å²) in [5.41, 5.74) is 1.02. The average molecular weight is 321 g/mol. The summed E-state index contributed by atoms with van der Waals surface area (Å²) in [5.74, 6) is 5.26. The summed E-state index contributed by atoms with van der Waals surface area (Å²) in [6.45, 7) is -0.229. The molecule has 1 heterocycles. The summed E-state index contributed by atoms with van der Waals surface area (Å²) in [5, 5.41) is 12.0. The number of amides is 1. The third kappa shape index (κ3) is 4.20. The fourth-order valence-corrected chi connectivity index (χ4v) is 1.84. The largest absolute Gasteiger partial charge is 0.384 e. The Morgan fingerprint density at radius 1 is 1.24 bits per heavy atom. The number of carbonyl (C=O) groups excluding carboxylic acids is 1. The number of aliphatic hydroxyl groups excluding tert-OH is 1. The summed E-state index contributed by atoms with van der Waals surface area (Å²) in [6, 6.07) is 7.89. The number of nitrogens with zero attached hydrogens (tertiary/aromatic N) is 1. The topological polar surface area (TPSA) is 62.2 Å². The van der Waals surface area contributed by atoms with Crippen molar-refractivity contribution in [3.8, 4) is 11.8 Å². The van der Waals surface area contributed by atoms with E-state index in [9.17, 15) is 4.79 Å². The molecule has 4 nitrogen and oxygen atoms in total. The predicted octanol–water partition coefficient (Wildman–Crippen LogP) is 2.98. The van der Waals surface area contributed by atoms with Crippen molar-refractivity contribution in [1.82, 2.24) is 4.98 Å². The van der Waals surface area contributed by atoms with Gasteiger partial charge in [-0.15, -0.1) is 0 Å². The Hall–Kier alpha value is -2.06. The normalized spacial score (nSPS) is 9.67. The van der Waals surface area contributed by atoms with E-state index in [0.717, 1.165) is 0 Å². The molecule has 2 aromatic rings. The molecular weight excluding hydrogens is 311 g/mol. The zero-order valence-corrected chi connectivity index (χ0v) is 12.2. The average Bonchev–Trinajstić information content (AvgIpc) is 2.48. The van der Waals surface area contributed by atoms with E-state index in [2.05, 4.69) is 22.1 Å². The molecular formula is C15H10Cl2N2O2. The van der Waals surface area contributed by atoms with Gasteiger partial charge >= 0.3 is 0 Å². The van der Waals surface area contributed by atoms with Gasteiger partial charge in [0.1, 0.15) is 12.4 Å². The molecule has 0 radical (unpaired) electrons. The summed E-state index contributed by atoms with van der Waals surface area (Å²) in [6.07, 6.45) is 1.52. The van der Waals surface area contributed by atoms with Crippen LogP contribution in [0.5, 0.6) is 0 Å². The van der Waals surface area contributed by atoms with Crippen LogP contribution in [0.15, 0.2) is 36.5 Å². The Morgan fingerprint density at radius 2 is 2.05 bits per heavy atom. The van der Waals surface area contributed by atoms with Crippen molar-refractivity contribution in [2.24, 2.45) is 0 Å². The third-order valence-electron chi connectivity index (χ3n) is 2.50. The van der Waals surface area contributed by atoms with E-state index in [0.29, 0.717) is 27.0 Å². The summed E-state index contributed by atoms with van der Waals surface area (Å²) in [4.78, 5) is 16.1. The Morgan fingerprint density at radius 3 is 2.76 bits per heavy atom. The van der Waals surface area contributed by atoms with E-state index >= 15 is 0 Å². The standard InChI is InChI=1S/C15H10Cl2N2O2/c16-12-4-3-11(9-13(12)17)15(21)19-14-8-10(2-1-7-20)5-6-18-14/h3-6,8-9,20H,7H2,(H,18,19,21). The van der Waals surface area contributed by atoms with Crippen LogP contribution < -0.4 is 5.32 Å². The Bertz CT molecular complexity index is 736. The number of anilines is 1. The molecule has 0 fully saturated rings. The van der Waals surface area contributed by atoms with Gasteiger partial charge in [-0.3, -0.25) is 4.79 Å². The first-order chi connectivity index (χ1) is 10.1. The van der Waals surface area contributed by atoms with Crippen molar-refractivity contribution in [3.63, 3.8) is 0 Å². The van der Waals surface area contributed by atoms with E-state index in [1.165, 1.54) is 12.3 Å². The van der Waals surface area contributed by atoms with Gasteiger partial charge in [0.2, 0.25) is 0 Å². The second-order valence-corrected chi connectivity index (χ2v) is 4.79. The second kappa shape index (κ2) is 7.09. The Balaban J connectivity index is 2.17. The van der Waals surface area contributed by atoms with Crippen LogP contribution in [-0.2, 0) is 0 Å². The number of halogens is 2. The molecule has 0 unspecified atom stereocenters. The molecule has 0 atom stereocenters. The van der Waals surface area contributed by atoms with Crippen molar-refractivity contribution >= 4 is 34.9 Å². The third-order valence-corrected chi connectivity index (χ3v) is 3.23. The van der Waals surface area contributed by atoms with Gasteiger partial charge in [0, 0.05) is 17.3 Å². The molecule has 0 spiro atoms. The number of rotatable bonds is 2. The lowest BCUT2D eigenvalue weighted by Gasteiger charge is -2.05. The number of aromatic nitrogens is 1. The van der Waals surface area contributed by atoms with Gasteiger partial charge < -0.3 is 10.4 Å². The summed E-state index contributed by atoms with van der Waals surface area (Å²) < 4.78 is 0. The van der Waals surface area contributed by atoms with E-state index in [-0.39, 0.29) is 12.5 Å². The lowest BCUT2D eigenvalue weighted by Crippen LogP contribution is -2.12. The molecule has 0 saturated heterocycles. The number of hydrogen-bond acceptors (Lipinski definition) is 3. The highest BCUT2D eigenvalue weighted by molar-refractivity contribution is 6.42. The zero-order valence-electron chi connectivity index (χ0n) is 10.7. The van der Waals surface area contributed by atoms with Crippen molar-refractivity contribution in [1.29, 1.82) is 0 Å². The molecule has 0 aliphatic heterocycles. The SMILES string of the molecule is O=C(Nc1cc(C#CCO)ccn1)c1ccc(Cl)c(Cl)c1. The minimum absolute atomic E-state index is 0.229. The zero-order chi connectivity index (χ0) is 15.2. The molecule has 21 heavy (non-hydrogen) atoms. The van der Waals surface area contributed by atoms with Crippen LogP contribution >= 0.6 is 23.2 Å². The van der Waals surface area contributed by atoms with Gasteiger partial charge in [0.25, 0.3) is 5.91 Å². The molecule has 2 rings (SSSR count). The summed E-state index contributed by atoms with van der Waals surface area (Å²) in [7, 11) is 0. The van der Waals surface area contributed by atoms with E-state index in [1.54, 1.807) is 24.3 Å². The number of nitrogens with one attached hydrogen (secondary N) is 1. The van der Waals surface area contributed by atoms with Crippen LogP contribution in [0.1, 0.15) is 15.9 Å². The number of benzene rings is 1. The van der Waals surface area contributed by atoms with Crippen LogP contribution in [0.3, 0.4) is 0 Å². The van der Waals surface area contributed by atoms with E-state index < -0.39 is 0 Å². The highest BCUT2D eigenvalue weighted by Crippen LogP contribution is 2.23. The van der Waals surface area contributed by atoms with Crippen molar-refractivity contribution < 1.29 is 9.90 Å². The first-order valence-corrected chi connectivity index (χ1v) is 6.68. The number of pyridine rings is 1. The maximum atomic E-state index is 12.1. The van der Waals surface area contributed by atoms with Gasteiger partial charge in [-0.2, -0.15) is 0 Å². The van der Waals surface area contributed by atoms with Crippen molar-refractivity contribution in [2.45, 2.75) is 0 Å². The highest BCUT2D eigenvalue weighted by atomic mass is 35.5. The van der Waals surface area contributed by atoms with Crippen LogP contribution in [-0.4, -0.2) is 22.6 Å². The van der Waals surface area contributed by atoms with Crippen LogP contribution in [0.2, 0.25) is 10.0 Å². The molecule has 1 amide bonds. The van der Waals surface area contributed by atoms with Crippen molar-refractivity contribution in [3.05, 3.63) is 57.7 Å². The smallest absolute Gasteiger partial charge is 0.256 e. The van der Waals surface area contributed by atoms with Crippen molar-refractivity contribution in [2.75, 3.05) is 11.9 Å². The maximum Gasteiger partial charge on any atom is 0.256 e. The second-order valence-electron chi connectivity index (χ2n) is 3.97. The molecule has 1 aromatic heterocycles.